The number of amides is 2. The van der Waals surface area contributed by atoms with Gasteiger partial charge in [-0.3, -0.25) is 9.59 Å². The molecule has 5 nitrogen and oxygen atoms in total. The van der Waals surface area contributed by atoms with Crippen LogP contribution in [0.4, 0.5) is 0 Å². The summed E-state index contributed by atoms with van der Waals surface area (Å²) in [7, 11) is 1.81. The van der Waals surface area contributed by atoms with Gasteiger partial charge in [-0.1, -0.05) is 24.5 Å². The van der Waals surface area contributed by atoms with E-state index in [0.717, 1.165) is 42.1 Å². The van der Waals surface area contributed by atoms with E-state index >= 15 is 0 Å². The minimum atomic E-state index is -0.569. The van der Waals surface area contributed by atoms with Gasteiger partial charge < -0.3 is 15.6 Å². The lowest BCUT2D eigenvalue weighted by atomic mass is 10.1. The van der Waals surface area contributed by atoms with Gasteiger partial charge in [0.1, 0.15) is 5.69 Å². The van der Waals surface area contributed by atoms with Crippen LogP contribution in [-0.4, -0.2) is 34.8 Å². The number of benzene rings is 1. The van der Waals surface area contributed by atoms with Crippen molar-refractivity contribution in [2.45, 2.75) is 38.6 Å². The summed E-state index contributed by atoms with van der Waals surface area (Å²) in [5.41, 5.74) is 7.94. The number of nitrogens with one attached hydrogen (secondary N) is 1. The molecule has 116 valence electrons. The van der Waals surface area contributed by atoms with Crippen molar-refractivity contribution in [2.24, 2.45) is 5.73 Å². The van der Waals surface area contributed by atoms with Crippen molar-refractivity contribution in [3.05, 3.63) is 35.0 Å². The Morgan fingerprint density at radius 3 is 2.59 bits per heavy atom. The normalized spacial score (nSPS) is 15.4. The second kappa shape index (κ2) is 5.48. The fourth-order valence-electron chi connectivity index (χ4n) is 3.36. The van der Waals surface area contributed by atoms with Gasteiger partial charge >= 0.3 is 0 Å². The van der Waals surface area contributed by atoms with E-state index in [1.165, 1.54) is 0 Å². The third-order valence-electron chi connectivity index (χ3n) is 4.61. The molecule has 1 aromatic heterocycles. The Morgan fingerprint density at radius 2 is 1.95 bits per heavy atom. The standard InChI is InChI=1S/C17H21N3O2/c1-10-7-8-13-12(9-10)14(16(18)21)15(19-13)17(22)20(2)11-5-3-4-6-11/h7-9,11,19H,3-6H2,1-2H3,(H2,18,21). The van der Waals surface area contributed by atoms with Crippen LogP contribution in [0.5, 0.6) is 0 Å². The molecule has 0 unspecified atom stereocenters. The molecule has 22 heavy (non-hydrogen) atoms. The second-order valence-electron chi connectivity index (χ2n) is 6.14. The number of aromatic amines is 1. The molecule has 1 aromatic carbocycles. The number of carbonyl (C=O) groups is 2. The molecule has 0 bridgehead atoms. The number of aryl methyl sites for hydroxylation is 1. The summed E-state index contributed by atoms with van der Waals surface area (Å²) in [6.07, 6.45) is 4.34. The highest BCUT2D eigenvalue weighted by atomic mass is 16.2. The van der Waals surface area contributed by atoms with E-state index in [1.807, 2.05) is 25.1 Å². The molecule has 0 atom stereocenters. The number of hydrogen-bond donors (Lipinski definition) is 2. The van der Waals surface area contributed by atoms with E-state index in [1.54, 1.807) is 11.9 Å². The molecule has 1 aliphatic carbocycles. The Hall–Kier alpha value is -2.30. The van der Waals surface area contributed by atoms with Crippen LogP contribution in [-0.2, 0) is 0 Å². The van der Waals surface area contributed by atoms with Gasteiger partial charge in [-0.2, -0.15) is 0 Å². The lowest BCUT2D eigenvalue weighted by molar-refractivity contribution is 0.0725. The Kier molecular flexibility index (Phi) is 3.64. The van der Waals surface area contributed by atoms with Crippen LogP contribution in [0.2, 0.25) is 0 Å². The molecule has 2 amide bonds. The van der Waals surface area contributed by atoms with Gasteiger partial charge in [0.05, 0.1) is 5.56 Å². The molecule has 3 rings (SSSR count). The largest absolute Gasteiger partial charge is 0.366 e. The van der Waals surface area contributed by atoms with Crippen LogP contribution in [0.15, 0.2) is 18.2 Å². The van der Waals surface area contributed by atoms with Crippen molar-refractivity contribution in [2.75, 3.05) is 7.05 Å². The zero-order valence-corrected chi connectivity index (χ0v) is 13.0. The molecule has 5 heteroatoms. The van der Waals surface area contributed by atoms with Crippen LogP contribution in [0.3, 0.4) is 0 Å². The highest BCUT2D eigenvalue weighted by Crippen LogP contribution is 2.27. The van der Waals surface area contributed by atoms with Crippen LogP contribution in [0, 0.1) is 6.92 Å². The van der Waals surface area contributed by atoms with Crippen molar-refractivity contribution in [1.29, 1.82) is 0 Å². The molecule has 3 N–H and O–H groups in total. The van der Waals surface area contributed by atoms with E-state index in [-0.39, 0.29) is 11.9 Å². The number of rotatable bonds is 3. The molecule has 0 radical (unpaired) electrons. The van der Waals surface area contributed by atoms with E-state index < -0.39 is 5.91 Å². The first-order chi connectivity index (χ1) is 10.5. The van der Waals surface area contributed by atoms with Crippen molar-refractivity contribution in [1.82, 2.24) is 9.88 Å². The fourth-order valence-corrected chi connectivity index (χ4v) is 3.36. The van der Waals surface area contributed by atoms with Gasteiger partial charge in [-0.25, -0.2) is 0 Å². The molecule has 0 saturated heterocycles. The topological polar surface area (TPSA) is 79.2 Å². The first kappa shape index (κ1) is 14.6. The first-order valence-corrected chi connectivity index (χ1v) is 7.68. The molecule has 1 fully saturated rings. The molecular formula is C17H21N3O2. The lowest BCUT2D eigenvalue weighted by Gasteiger charge is -2.24. The molecular weight excluding hydrogens is 278 g/mol. The van der Waals surface area contributed by atoms with E-state index in [9.17, 15) is 9.59 Å². The summed E-state index contributed by atoms with van der Waals surface area (Å²) in [4.78, 5) is 29.5. The minimum Gasteiger partial charge on any atom is -0.366 e. The van der Waals surface area contributed by atoms with Crippen LogP contribution >= 0.6 is 0 Å². The predicted octanol–water partition coefficient (Wildman–Crippen LogP) is 2.59. The first-order valence-electron chi connectivity index (χ1n) is 7.68. The van der Waals surface area contributed by atoms with Crippen molar-refractivity contribution < 1.29 is 9.59 Å². The monoisotopic (exact) mass is 299 g/mol. The Morgan fingerprint density at radius 1 is 1.27 bits per heavy atom. The number of aromatic nitrogens is 1. The zero-order valence-electron chi connectivity index (χ0n) is 13.0. The molecule has 1 saturated carbocycles. The van der Waals surface area contributed by atoms with E-state index in [0.29, 0.717) is 11.3 Å². The molecule has 0 aliphatic heterocycles. The fraction of sp³-hybridized carbons (Fsp3) is 0.412. The maximum Gasteiger partial charge on any atom is 0.271 e. The Bertz CT molecular complexity index is 742. The smallest absolute Gasteiger partial charge is 0.271 e. The number of primary amides is 1. The number of H-pyrrole nitrogens is 1. The maximum atomic E-state index is 12.8. The van der Waals surface area contributed by atoms with Gasteiger partial charge in [-0.05, 0) is 31.9 Å². The van der Waals surface area contributed by atoms with Gasteiger partial charge in [0.25, 0.3) is 11.8 Å². The summed E-state index contributed by atoms with van der Waals surface area (Å²) >= 11 is 0. The predicted molar refractivity (Wildman–Crippen MR) is 85.9 cm³/mol. The van der Waals surface area contributed by atoms with Crippen molar-refractivity contribution >= 4 is 22.7 Å². The average molecular weight is 299 g/mol. The molecule has 1 aliphatic rings. The Balaban J connectivity index is 2.07. The van der Waals surface area contributed by atoms with Crippen LogP contribution < -0.4 is 5.73 Å². The summed E-state index contributed by atoms with van der Waals surface area (Å²) in [6, 6.07) is 5.96. The van der Waals surface area contributed by atoms with Gasteiger partial charge in [0.2, 0.25) is 0 Å². The van der Waals surface area contributed by atoms with E-state index in [4.69, 9.17) is 5.73 Å². The number of hydrogen-bond acceptors (Lipinski definition) is 2. The average Bonchev–Trinajstić information content (AvgIpc) is 3.12. The molecule has 1 heterocycles. The number of carbonyl (C=O) groups excluding carboxylic acids is 2. The van der Waals surface area contributed by atoms with E-state index in [2.05, 4.69) is 4.98 Å². The second-order valence-corrected chi connectivity index (χ2v) is 6.14. The summed E-state index contributed by atoms with van der Waals surface area (Å²) in [6.45, 7) is 1.95. The SMILES string of the molecule is Cc1ccc2[nH]c(C(=O)N(C)C3CCCC3)c(C(N)=O)c2c1. The zero-order chi connectivity index (χ0) is 15.9. The van der Waals surface area contributed by atoms with Gasteiger partial charge in [0.15, 0.2) is 0 Å². The number of nitrogens with zero attached hydrogens (tertiary/aromatic N) is 1. The van der Waals surface area contributed by atoms with Gasteiger partial charge in [-0.15, -0.1) is 0 Å². The van der Waals surface area contributed by atoms with Crippen LogP contribution in [0.25, 0.3) is 10.9 Å². The number of nitrogens with two attached hydrogens (primary N) is 1. The van der Waals surface area contributed by atoms with Crippen molar-refractivity contribution in [3.8, 4) is 0 Å². The third-order valence-corrected chi connectivity index (χ3v) is 4.61. The van der Waals surface area contributed by atoms with Crippen LogP contribution in [0.1, 0.15) is 52.1 Å². The Labute approximate surface area is 129 Å². The van der Waals surface area contributed by atoms with Gasteiger partial charge in [0, 0.05) is 24.0 Å². The summed E-state index contributed by atoms with van der Waals surface area (Å²) < 4.78 is 0. The number of fused-ring (bicyclic) bond motifs is 1. The lowest BCUT2D eigenvalue weighted by Crippen LogP contribution is -2.36. The minimum absolute atomic E-state index is 0.158. The third kappa shape index (κ3) is 2.36. The van der Waals surface area contributed by atoms with Crippen molar-refractivity contribution in [3.63, 3.8) is 0 Å². The summed E-state index contributed by atoms with van der Waals surface area (Å²) in [5, 5.41) is 0.718. The summed E-state index contributed by atoms with van der Waals surface area (Å²) in [5.74, 6) is -0.727. The maximum absolute atomic E-state index is 12.8. The highest BCUT2D eigenvalue weighted by molar-refractivity contribution is 6.15. The quantitative estimate of drug-likeness (QED) is 0.913. The molecule has 0 spiro atoms. The molecule has 2 aromatic rings. The highest BCUT2D eigenvalue weighted by Gasteiger charge is 2.29.